The number of amides is 1. The summed E-state index contributed by atoms with van der Waals surface area (Å²) in [5.41, 5.74) is 0.556. The maximum Gasteiger partial charge on any atom is 0.251 e. The molecule has 0 fully saturated rings. The number of carbonyl (C=O) groups excluding carboxylic acids is 1. The molecule has 0 aliphatic carbocycles. The van der Waals surface area contributed by atoms with Crippen molar-refractivity contribution in [3.05, 3.63) is 33.3 Å². The summed E-state index contributed by atoms with van der Waals surface area (Å²) in [6.45, 7) is 0.596. The van der Waals surface area contributed by atoms with E-state index in [2.05, 4.69) is 27.2 Å². The second kappa shape index (κ2) is 7.65. The van der Waals surface area contributed by atoms with Crippen LogP contribution in [0.1, 0.15) is 10.4 Å². The molecule has 1 aromatic rings. The van der Waals surface area contributed by atoms with E-state index in [1.165, 1.54) is 0 Å². The van der Waals surface area contributed by atoms with E-state index in [4.69, 9.17) is 18.0 Å². The minimum absolute atomic E-state index is 0.124. The van der Waals surface area contributed by atoms with Crippen LogP contribution in [0.15, 0.2) is 22.7 Å². The zero-order valence-electron chi connectivity index (χ0n) is 9.00. The van der Waals surface area contributed by atoms with E-state index in [0.29, 0.717) is 22.9 Å². The van der Waals surface area contributed by atoms with E-state index in [-0.39, 0.29) is 5.91 Å². The summed E-state index contributed by atoms with van der Waals surface area (Å²) >= 11 is 10.8. The molecule has 1 aromatic carbocycles. The van der Waals surface area contributed by atoms with Crippen molar-refractivity contribution in [3.63, 3.8) is 0 Å². The summed E-state index contributed by atoms with van der Waals surface area (Å²) in [4.78, 5) is 11.7. The third-order valence-electron chi connectivity index (χ3n) is 1.90. The molecule has 2 nitrogen and oxygen atoms in total. The van der Waals surface area contributed by atoms with Gasteiger partial charge in [0.15, 0.2) is 0 Å². The molecule has 0 saturated heterocycles. The second-order valence-corrected chi connectivity index (χ2v) is 5.51. The molecule has 0 radical (unpaired) electrons. The molecule has 0 aromatic heterocycles. The van der Waals surface area contributed by atoms with E-state index in [0.717, 1.165) is 10.2 Å². The Kier molecular flexibility index (Phi) is 6.49. The van der Waals surface area contributed by atoms with Gasteiger partial charge in [0.2, 0.25) is 0 Å². The lowest BCUT2D eigenvalue weighted by Gasteiger charge is -2.05. The van der Waals surface area contributed by atoms with Gasteiger partial charge in [-0.1, -0.05) is 17.5 Å². The predicted octanol–water partition coefficient (Wildman–Crippen LogP) is 3.20. The Balaban J connectivity index is 2.42. The van der Waals surface area contributed by atoms with Gasteiger partial charge >= 0.3 is 0 Å². The molecular formula is C12H11BrClNOS. The Bertz CT molecular complexity index is 445. The fraction of sp³-hybridized carbons (Fsp3) is 0.250. The van der Waals surface area contributed by atoms with E-state index < -0.39 is 0 Å². The SMILES string of the molecule is C#CCSCCNC(=O)c1ccc(Br)c(Cl)c1. The van der Waals surface area contributed by atoms with E-state index in [1.807, 2.05) is 0 Å². The highest BCUT2D eigenvalue weighted by Crippen LogP contribution is 2.23. The van der Waals surface area contributed by atoms with Gasteiger partial charge in [-0.2, -0.15) is 0 Å². The number of thioether (sulfide) groups is 1. The molecule has 0 saturated carbocycles. The molecule has 0 bridgehead atoms. The van der Waals surface area contributed by atoms with Crippen LogP contribution in [-0.4, -0.2) is 24.0 Å². The number of halogens is 2. The summed E-state index contributed by atoms with van der Waals surface area (Å²) in [6.07, 6.45) is 5.12. The van der Waals surface area contributed by atoms with Crippen molar-refractivity contribution < 1.29 is 4.79 Å². The van der Waals surface area contributed by atoms with Crippen molar-refractivity contribution >= 4 is 45.2 Å². The second-order valence-electron chi connectivity index (χ2n) is 3.14. The van der Waals surface area contributed by atoms with Crippen LogP contribution in [0.3, 0.4) is 0 Å². The third kappa shape index (κ3) is 5.03. The molecule has 0 atom stereocenters. The number of hydrogen-bond donors (Lipinski definition) is 1. The van der Waals surface area contributed by atoms with Gasteiger partial charge in [0.25, 0.3) is 5.91 Å². The van der Waals surface area contributed by atoms with Crippen molar-refractivity contribution in [1.82, 2.24) is 5.32 Å². The van der Waals surface area contributed by atoms with Crippen molar-refractivity contribution in [3.8, 4) is 12.3 Å². The summed E-state index contributed by atoms with van der Waals surface area (Å²) in [7, 11) is 0. The lowest BCUT2D eigenvalue weighted by molar-refractivity contribution is 0.0956. The van der Waals surface area contributed by atoms with Gasteiger partial charge in [0.05, 0.1) is 10.8 Å². The van der Waals surface area contributed by atoms with Gasteiger partial charge in [-0.25, -0.2) is 0 Å². The van der Waals surface area contributed by atoms with Gasteiger partial charge in [-0.3, -0.25) is 4.79 Å². The lowest BCUT2D eigenvalue weighted by atomic mass is 10.2. The molecule has 0 heterocycles. The first-order valence-electron chi connectivity index (χ1n) is 4.89. The van der Waals surface area contributed by atoms with Crippen LogP contribution in [0.5, 0.6) is 0 Å². The Morgan fingerprint density at radius 3 is 3.00 bits per heavy atom. The van der Waals surface area contributed by atoms with Gasteiger partial charge in [0, 0.05) is 22.3 Å². The van der Waals surface area contributed by atoms with Gasteiger partial charge < -0.3 is 5.32 Å². The highest BCUT2D eigenvalue weighted by molar-refractivity contribution is 9.10. The number of nitrogens with one attached hydrogen (secondary N) is 1. The highest BCUT2D eigenvalue weighted by atomic mass is 79.9. The zero-order valence-corrected chi connectivity index (χ0v) is 12.2. The molecule has 0 aliphatic heterocycles. The lowest BCUT2D eigenvalue weighted by Crippen LogP contribution is -2.25. The quantitative estimate of drug-likeness (QED) is 0.663. The minimum Gasteiger partial charge on any atom is -0.351 e. The number of carbonyl (C=O) groups is 1. The normalized spacial score (nSPS) is 9.71. The number of benzene rings is 1. The molecule has 0 aliphatic rings. The molecule has 17 heavy (non-hydrogen) atoms. The monoisotopic (exact) mass is 331 g/mol. The van der Waals surface area contributed by atoms with E-state index in [9.17, 15) is 4.79 Å². The van der Waals surface area contributed by atoms with Crippen LogP contribution in [0.4, 0.5) is 0 Å². The van der Waals surface area contributed by atoms with Crippen molar-refractivity contribution in [2.24, 2.45) is 0 Å². The standard InChI is InChI=1S/C12H11BrClNOS/c1-2-6-17-7-5-15-12(16)9-3-4-10(13)11(14)8-9/h1,3-4,8H,5-7H2,(H,15,16). The molecule has 5 heteroatoms. The molecule has 0 unspecified atom stereocenters. The number of rotatable bonds is 5. The Morgan fingerprint density at radius 2 is 2.35 bits per heavy atom. The van der Waals surface area contributed by atoms with Gasteiger partial charge in [-0.05, 0) is 34.1 Å². The predicted molar refractivity (Wildman–Crippen MR) is 77.6 cm³/mol. The summed E-state index contributed by atoms with van der Waals surface area (Å²) in [5, 5.41) is 3.33. The Morgan fingerprint density at radius 1 is 1.59 bits per heavy atom. The average molecular weight is 333 g/mol. The number of terminal acetylenes is 1. The maximum atomic E-state index is 11.7. The van der Waals surface area contributed by atoms with Crippen LogP contribution in [0, 0.1) is 12.3 Å². The van der Waals surface area contributed by atoms with Crippen LogP contribution in [-0.2, 0) is 0 Å². The summed E-state index contributed by atoms with van der Waals surface area (Å²) < 4.78 is 0.778. The molecule has 1 rings (SSSR count). The van der Waals surface area contributed by atoms with Crippen molar-refractivity contribution in [2.45, 2.75) is 0 Å². The van der Waals surface area contributed by atoms with Crippen molar-refractivity contribution in [1.29, 1.82) is 0 Å². The molecule has 1 N–H and O–H groups in total. The first-order valence-corrected chi connectivity index (χ1v) is 7.22. The smallest absolute Gasteiger partial charge is 0.251 e. The van der Waals surface area contributed by atoms with Crippen LogP contribution in [0.2, 0.25) is 5.02 Å². The Labute approximate surface area is 119 Å². The molecule has 90 valence electrons. The number of hydrogen-bond acceptors (Lipinski definition) is 2. The highest BCUT2D eigenvalue weighted by Gasteiger charge is 2.06. The van der Waals surface area contributed by atoms with Gasteiger partial charge in [-0.15, -0.1) is 18.2 Å². The van der Waals surface area contributed by atoms with E-state index in [1.54, 1.807) is 30.0 Å². The molecule has 0 spiro atoms. The fourth-order valence-electron chi connectivity index (χ4n) is 1.11. The average Bonchev–Trinajstić information content (AvgIpc) is 2.32. The van der Waals surface area contributed by atoms with Crippen LogP contribution >= 0.6 is 39.3 Å². The summed E-state index contributed by atoms with van der Waals surface area (Å²) in [5.74, 6) is 3.88. The van der Waals surface area contributed by atoms with Crippen LogP contribution < -0.4 is 5.32 Å². The third-order valence-corrected chi connectivity index (χ3v) is 4.00. The fourth-order valence-corrected chi connectivity index (χ4v) is 2.04. The van der Waals surface area contributed by atoms with Crippen LogP contribution in [0.25, 0.3) is 0 Å². The first-order chi connectivity index (χ1) is 8.15. The van der Waals surface area contributed by atoms with Gasteiger partial charge in [0.1, 0.15) is 0 Å². The largest absolute Gasteiger partial charge is 0.351 e. The van der Waals surface area contributed by atoms with E-state index >= 15 is 0 Å². The van der Waals surface area contributed by atoms with Crippen molar-refractivity contribution in [2.75, 3.05) is 18.1 Å². The molecule has 1 amide bonds. The topological polar surface area (TPSA) is 29.1 Å². The minimum atomic E-state index is -0.124. The summed E-state index contributed by atoms with van der Waals surface area (Å²) in [6, 6.07) is 5.11. The maximum absolute atomic E-state index is 11.7. The Hall–Kier alpha value is -0.630. The first kappa shape index (κ1) is 14.4. The molecular weight excluding hydrogens is 322 g/mol. The zero-order chi connectivity index (χ0) is 12.7.